The molecule has 1 heterocycles. The SMILES string of the molecule is CN1CCCN(C2(CN)CCCCC2)CC1. The Bertz CT molecular complexity index is 211. The number of likely N-dealkylation sites (N-methyl/N-ethyl adjacent to an activating group) is 1. The summed E-state index contributed by atoms with van der Waals surface area (Å²) in [7, 11) is 2.24. The average molecular weight is 225 g/mol. The largest absolute Gasteiger partial charge is 0.329 e. The van der Waals surface area contributed by atoms with Crippen molar-refractivity contribution in [2.75, 3.05) is 39.8 Å². The van der Waals surface area contributed by atoms with Crippen LogP contribution < -0.4 is 5.73 Å². The van der Waals surface area contributed by atoms with Gasteiger partial charge in [-0.15, -0.1) is 0 Å². The number of hydrogen-bond acceptors (Lipinski definition) is 3. The zero-order valence-corrected chi connectivity index (χ0v) is 10.7. The molecule has 0 amide bonds. The first-order chi connectivity index (χ1) is 7.77. The Morgan fingerprint density at radius 1 is 0.938 bits per heavy atom. The summed E-state index contributed by atoms with van der Waals surface area (Å²) in [4.78, 5) is 5.16. The van der Waals surface area contributed by atoms with Gasteiger partial charge in [0, 0.05) is 31.7 Å². The number of hydrogen-bond donors (Lipinski definition) is 1. The molecule has 2 aliphatic rings. The Balaban J connectivity index is 2.01. The van der Waals surface area contributed by atoms with Crippen molar-refractivity contribution in [3.63, 3.8) is 0 Å². The van der Waals surface area contributed by atoms with Crippen molar-refractivity contribution < 1.29 is 0 Å². The lowest BCUT2D eigenvalue weighted by atomic mass is 9.80. The molecule has 2 rings (SSSR count). The van der Waals surface area contributed by atoms with Crippen molar-refractivity contribution >= 4 is 0 Å². The topological polar surface area (TPSA) is 32.5 Å². The molecule has 2 N–H and O–H groups in total. The second-order valence-corrected chi connectivity index (χ2v) is 5.63. The van der Waals surface area contributed by atoms with Crippen LogP contribution in [0.5, 0.6) is 0 Å². The van der Waals surface area contributed by atoms with E-state index in [-0.39, 0.29) is 0 Å². The van der Waals surface area contributed by atoms with E-state index in [1.807, 2.05) is 0 Å². The van der Waals surface area contributed by atoms with Gasteiger partial charge >= 0.3 is 0 Å². The minimum Gasteiger partial charge on any atom is -0.329 e. The van der Waals surface area contributed by atoms with E-state index < -0.39 is 0 Å². The van der Waals surface area contributed by atoms with Crippen LogP contribution in [0, 0.1) is 0 Å². The van der Waals surface area contributed by atoms with E-state index in [0.29, 0.717) is 5.54 Å². The predicted octanol–water partition coefficient (Wildman–Crippen LogP) is 1.29. The third-order valence-electron chi connectivity index (χ3n) is 4.55. The van der Waals surface area contributed by atoms with E-state index >= 15 is 0 Å². The van der Waals surface area contributed by atoms with Gasteiger partial charge in [-0.2, -0.15) is 0 Å². The van der Waals surface area contributed by atoms with Crippen LogP contribution in [0.1, 0.15) is 38.5 Å². The molecular formula is C13H27N3. The molecule has 94 valence electrons. The normalized spacial score (nSPS) is 28.9. The van der Waals surface area contributed by atoms with Gasteiger partial charge in [0.15, 0.2) is 0 Å². The van der Waals surface area contributed by atoms with E-state index in [0.717, 1.165) is 6.54 Å². The van der Waals surface area contributed by atoms with Gasteiger partial charge in [0.2, 0.25) is 0 Å². The fraction of sp³-hybridized carbons (Fsp3) is 1.00. The molecule has 0 unspecified atom stereocenters. The highest BCUT2D eigenvalue weighted by Crippen LogP contribution is 2.33. The molecule has 0 atom stereocenters. The molecule has 1 saturated heterocycles. The minimum atomic E-state index is 0.351. The highest BCUT2D eigenvalue weighted by atomic mass is 15.3. The molecule has 3 heteroatoms. The monoisotopic (exact) mass is 225 g/mol. The second-order valence-electron chi connectivity index (χ2n) is 5.63. The van der Waals surface area contributed by atoms with Crippen LogP contribution >= 0.6 is 0 Å². The molecule has 3 nitrogen and oxygen atoms in total. The Hall–Kier alpha value is -0.120. The molecule has 1 saturated carbocycles. The van der Waals surface area contributed by atoms with Crippen LogP contribution in [-0.2, 0) is 0 Å². The van der Waals surface area contributed by atoms with Crippen LogP contribution in [0.3, 0.4) is 0 Å². The fourth-order valence-electron chi connectivity index (χ4n) is 3.38. The van der Waals surface area contributed by atoms with Gasteiger partial charge in [0.05, 0.1) is 0 Å². The molecular weight excluding hydrogens is 198 g/mol. The molecule has 16 heavy (non-hydrogen) atoms. The van der Waals surface area contributed by atoms with E-state index in [9.17, 15) is 0 Å². The first-order valence-corrected chi connectivity index (χ1v) is 6.90. The first kappa shape index (κ1) is 12.3. The molecule has 1 aliphatic heterocycles. The summed E-state index contributed by atoms with van der Waals surface area (Å²) in [5.74, 6) is 0. The van der Waals surface area contributed by atoms with Crippen LogP contribution in [0.15, 0.2) is 0 Å². The van der Waals surface area contributed by atoms with Crippen molar-refractivity contribution in [2.45, 2.75) is 44.1 Å². The van der Waals surface area contributed by atoms with Crippen molar-refractivity contribution in [1.29, 1.82) is 0 Å². The number of nitrogens with zero attached hydrogens (tertiary/aromatic N) is 2. The summed E-state index contributed by atoms with van der Waals surface area (Å²) in [5.41, 5.74) is 6.45. The first-order valence-electron chi connectivity index (χ1n) is 6.90. The molecule has 0 radical (unpaired) electrons. The van der Waals surface area contributed by atoms with Crippen LogP contribution in [0.2, 0.25) is 0 Å². The minimum absolute atomic E-state index is 0.351. The van der Waals surface area contributed by atoms with Gasteiger partial charge in [-0.25, -0.2) is 0 Å². The summed E-state index contributed by atoms with van der Waals surface area (Å²) in [5, 5.41) is 0. The number of nitrogens with two attached hydrogens (primary N) is 1. The van der Waals surface area contributed by atoms with Crippen LogP contribution in [0.25, 0.3) is 0 Å². The molecule has 0 aromatic carbocycles. The summed E-state index contributed by atoms with van der Waals surface area (Å²) in [6.07, 6.45) is 8.13. The highest BCUT2D eigenvalue weighted by molar-refractivity contribution is 4.95. The molecule has 0 aromatic heterocycles. The van der Waals surface area contributed by atoms with Crippen LogP contribution in [0.4, 0.5) is 0 Å². The van der Waals surface area contributed by atoms with Gasteiger partial charge < -0.3 is 10.6 Å². The summed E-state index contributed by atoms with van der Waals surface area (Å²) < 4.78 is 0. The van der Waals surface area contributed by atoms with Crippen molar-refractivity contribution in [2.24, 2.45) is 5.73 Å². The maximum atomic E-state index is 6.10. The fourth-order valence-corrected chi connectivity index (χ4v) is 3.38. The van der Waals surface area contributed by atoms with Gasteiger partial charge in [-0.05, 0) is 32.9 Å². The van der Waals surface area contributed by atoms with Crippen molar-refractivity contribution in [1.82, 2.24) is 9.80 Å². The zero-order chi connectivity index (χ0) is 11.4. The van der Waals surface area contributed by atoms with Crippen molar-refractivity contribution in [3.8, 4) is 0 Å². The maximum absolute atomic E-state index is 6.10. The molecule has 0 aromatic rings. The molecule has 2 fully saturated rings. The van der Waals surface area contributed by atoms with Crippen LogP contribution in [-0.4, -0.2) is 55.1 Å². The smallest absolute Gasteiger partial charge is 0.0332 e. The van der Waals surface area contributed by atoms with E-state index in [4.69, 9.17) is 5.73 Å². The Labute approximate surface area is 100.0 Å². The summed E-state index contributed by atoms with van der Waals surface area (Å²) in [6, 6.07) is 0. The molecule has 0 bridgehead atoms. The third kappa shape index (κ3) is 2.58. The quantitative estimate of drug-likeness (QED) is 0.768. The lowest BCUT2D eigenvalue weighted by molar-refractivity contribution is 0.0610. The third-order valence-corrected chi connectivity index (χ3v) is 4.55. The van der Waals surface area contributed by atoms with E-state index in [1.165, 1.54) is 64.7 Å². The molecule has 0 spiro atoms. The zero-order valence-electron chi connectivity index (χ0n) is 10.7. The van der Waals surface area contributed by atoms with Gasteiger partial charge in [-0.1, -0.05) is 19.3 Å². The van der Waals surface area contributed by atoms with E-state index in [2.05, 4.69) is 16.8 Å². The van der Waals surface area contributed by atoms with Gasteiger partial charge in [0.1, 0.15) is 0 Å². The molecule has 1 aliphatic carbocycles. The summed E-state index contributed by atoms with van der Waals surface area (Å²) >= 11 is 0. The lowest BCUT2D eigenvalue weighted by Gasteiger charge is -2.45. The second kappa shape index (κ2) is 5.48. The van der Waals surface area contributed by atoms with Crippen molar-refractivity contribution in [3.05, 3.63) is 0 Å². The van der Waals surface area contributed by atoms with E-state index in [1.54, 1.807) is 0 Å². The Kier molecular flexibility index (Phi) is 4.22. The maximum Gasteiger partial charge on any atom is 0.0332 e. The highest BCUT2D eigenvalue weighted by Gasteiger charge is 2.36. The predicted molar refractivity (Wildman–Crippen MR) is 68.6 cm³/mol. The van der Waals surface area contributed by atoms with Gasteiger partial charge in [0.25, 0.3) is 0 Å². The lowest BCUT2D eigenvalue weighted by Crippen LogP contribution is -2.55. The average Bonchev–Trinajstić information content (AvgIpc) is 2.55. The standard InChI is InChI=1S/C13H27N3/c1-15-8-5-9-16(11-10-15)13(12-14)6-3-2-4-7-13/h2-12,14H2,1H3. The van der Waals surface area contributed by atoms with Gasteiger partial charge in [-0.3, -0.25) is 4.90 Å². The summed E-state index contributed by atoms with van der Waals surface area (Å²) in [6.45, 7) is 5.78. The number of rotatable bonds is 2. The Morgan fingerprint density at radius 3 is 2.38 bits per heavy atom. The Morgan fingerprint density at radius 2 is 1.69 bits per heavy atom.